The zero-order chi connectivity index (χ0) is 20.4. The predicted molar refractivity (Wildman–Crippen MR) is 119 cm³/mol. The van der Waals surface area contributed by atoms with Gasteiger partial charge in [0.25, 0.3) is 5.91 Å². The van der Waals surface area contributed by atoms with Crippen LogP contribution in [0.2, 0.25) is 10.0 Å². The molecule has 0 saturated carbocycles. The van der Waals surface area contributed by atoms with Gasteiger partial charge in [-0.3, -0.25) is 10.1 Å². The largest absolute Gasteiger partial charge is 0.332 e. The number of thiocarbonyl (C=S) groups is 1. The Balaban J connectivity index is 1.48. The maximum atomic E-state index is 12.3. The summed E-state index contributed by atoms with van der Waals surface area (Å²) in [6, 6.07) is 19.3. The summed E-state index contributed by atoms with van der Waals surface area (Å²) < 4.78 is 0. The number of aromatic nitrogens is 3. The highest BCUT2D eigenvalue weighted by Gasteiger charge is 2.10. The van der Waals surface area contributed by atoms with E-state index in [4.69, 9.17) is 35.4 Å². The predicted octanol–water partition coefficient (Wildman–Crippen LogP) is 4.85. The van der Waals surface area contributed by atoms with E-state index in [1.54, 1.807) is 48.5 Å². The molecule has 0 spiro atoms. The number of nitrogens with one attached hydrogen (secondary N) is 2. The fourth-order valence-corrected chi connectivity index (χ4v) is 3.18. The number of carbonyl (C=O) groups excluding carboxylic acids is 1. The van der Waals surface area contributed by atoms with Crippen LogP contribution in [0.4, 0.5) is 5.69 Å². The van der Waals surface area contributed by atoms with Crippen LogP contribution in [0.3, 0.4) is 0 Å². The third-order valence-electron chi connectivity index (χ3n) is 4.01. The van der Waals surface area contributed by atoms with E-state index in [-0.39, 0.29) is 11.0 Å². The summed E-state index contributed by atoms with van der Waals surface area (Å²) in [4.78, 5) is 13.8. The van der Waals surface area contributed by atoms with Crippen LogP contribution in [0.15, 0.2) is 66.7 Å². The van der Waals surface area contributed by atoms with Crippen molar-refractivity contribution in [2.75, 3.05) is 5.32 Å². The maximum Gasteiger partial charge on any atom is 0.257 e. The molecule has 9 heteroatoms. The van der Waals surface area contributed by atoms with Crippen LogP contribution in [-0.2, 0) is 0 Å². The van der Waals surface area contributed by atoms with Crippen molar-refractivity contribution in [3.63, 3.8) is 0 Å². The number of hydrogen-bond acceptors (Lipinski definition) is 4. The van der Waals surface area contributed by atoms with Crippen LogP contribution in [0.5, 0.6) is 0 Å². The zero-order valence-corrected chi connectivity index (χ0v) is 17.1. The van der Waals surface area contributed by atoms with Crippen molar-refractivity contribution in [2.24, 2.45) is 0 Å². The highest BCUT2D eigenvalue weighted by molar-refractivity contribution is 7.80. The van der Waals surface area contributed by atoms with Crippen molar-refractivity contribution in [2.45, 2.75) is 0 Å². The molecule has 0 atom stereocenters. The van der Waals surface area contributed by atoms with E-state index in [0.29, 0.717) is 26.8 Å². The van der Waals surface area contributed by atoms with Gasteiger partial charge < -0.3 is 5.32 Å². The SMILES string of the molecule is O=C(NC(=S)Nc1ccc2nn(-c3ccc(Cl)cc3)nc2c1)c1cccc(Cl)c1. The van der Waals surface area contributed by atoms with Gasteiger partial charge in [-0.25, -0.2) is 0 Å². The van der Waals surface area contributed by atoms with Crippen molar-refractivity contribution in [1.29, 1.82) is 0 Å². The maximum absolute atomic E-state index is 12.3. The third-order valence-corrected chi connectivity index (χ3v) is 4.70. The number of fused-ring (bicyclic) bond motifs is 1. The molecular weight excluding hydrogens is 429 g/mol. The molecule has 0 aliphatic rings. The molecule has 4 aromatic rings. The molecular formula is C20H13Cl2N5OS. The van der Waals surface area contributed by atoms with Gasteiger partial charge in [0, 0.05) is 21.3 Å². The van der Waals surface area contributed by atoms with E-state index in [9.17, 15) is 4.79 Å². The first-order valence-electron chi connectivity index (χ1n) is 8.49. The molecule has 2 N–H and O–H groups in total. The lowest BCUT2D eigenvalue weighted by Gasteiger charge is -2.09. The fourth-order valence-electron chi connectivity index (χ4n) is 2.65. The lowest BCUT2D eigenvalue weighted by Crippen LogP contribution is -2.34. The highest BCUT2D eigenvalue weighted by atomic mass is 35.5. The quantitative estimate of drug-likeness (QED) is 0.444. The van der Waals surface area contributed by atoms with Gasteiger partial charge in [-0.2, -0.15) is 4.80 Å². The molecule has 0 saturated heterocycles. The van der Waals surface area contributed by atoms with Crippen LogP contribution >= 0.6 is 35.4 Å². The van der Waals surface area contributed by atoms with Gasteiger partial charge in [-0.1, -0.05) is 29.3 Å². The van der Waals surface area contributed by atoms with Crippen LogP contribution in [0.1, 0.15) is 10.4 Å². The number of benzene rings is 3. The van der Waals surface area contributed by atoms with E-state index >= 15 is 0 Å². The minimum atomic E-state index is -0.347. The van der Waals surface area contributed by atoms with Gasteiger partial charge in [0.15, 0.2) is 5.11 Å². The fraction of sp³-hybridized carbons (Fsp3) is 0. The number of carbonyl (C=O) groups is 1. The summed E-state index contributed by atoms with van der Waals surface area (Å²) in [7, 11) is 0. The summed E-state index contributed by atoms with van der Waals surface area (Å²) in [5.41, 5.74) is 3.29. The minimum Gasteiger partial charge on any atom is -0.332 e. The summed E-state index contributed by atoms with van der Waals surface area (Å²) >= 11 is 17.1. The highest BCUT2D eigenvalue weighted by Crippen LogP contribution is 2.19. The standard InChI is InChI=1S/C20H13Cl2N5OS/c21-13-4-7-16(8-5-13)27-25-17-9-6-15(11-18(17)26-27)23-20(29)24-19(28)12-2-1-3-14(22)10-12/h1-11H,(H2,23,24,28,29). The molecule has 144 valence electrons. The summed E-state index contributed by atoms with van der Waals surface area (Å²) in [5, 5.41) is 15.8. The second-order valence-electron chi connectivity index (χ2n) is 6.09. The Hall–Kier alpha value is -3.00. The zero-order valence-electron chi connectivity index (χ0n) is 14.8. The molecule has 0 aliphatic carbocycles. The molecule has 4 rings (SSSR count). The summed E-state index contributed by atoms with van der Waals surface area (Å²) in [6.45, 7) is 0. The van der Waals surface area contributed by atoms with Crippen LogP contribution in [-0.4, -0.2) is 26.0 Å². The number of hydrogen-bond donors (Lipinski definition) is 2. The smallest absolute Gasteiger partial charge is 0.257 e. The molecule has 1 heterocycles. The molecule has 0 unspecified atom stereocenters. The Morgan fingerprint density at radius 3 is 2.41 bits per heavy atom. The average molecular weight is 442 g/mol. The van der Waals surface area contributed by atoms with E-state index < -0.39 is 0 Å². The van der Waals surface area contributed by atoms with Crippen molar-refractivity contribution < 1.29 is 4.79 Å². The summed E-state index contributed by atoms with van der Waals surface area (Å²) in [5.74, 6) is -0.347. The van der Waals surface area contributed by atoms with Gasteiger partial charge in [-0.05, 0) is 72.9 Å². The van der Waals surface area contributed by atoms with E-state index in [2.05, 4.69) is 20.8 Å². The van der Waals surface area contributed by atoms with E-state index in [1.807, 2.05) is 18.2 Å². The van der Waals surface area contributed by atoms with Crippen molar-refractivity contribution >= 4 is 63.2 Å². The second kappa shape index (κ2) is 8.16. The average Bonchev–Trinajstić information content (AvgIpc) is 3.11. The lowest BCUT2D eigenvalue weighted by atomic mass is 10.2. The number of anilines is 1. The first-order chi connectivity index (χ1) is 14.0. The van der Waals surface area contributed by atoms with Gasteiger partial charge in [0.05, 0.1) is 5.69 Å². The minimum absolute atomic E-state index is 0.166. The number of nitrogens with zero attached hydrogens (tertiary/aromatic N) is 3. The first kappa shape index (κ1) is 19.3. The van der Waals surface area contributed by atoms with Crippen LogP contribution in [0.25, 0.3) is 16.7 Å². The normalized spacial score (nSPS) is 10.7. The molecule has 1 amide bonds. The lowest BCUT2D eigenvalue weighted by molar-refractivity contribution is 0.0977. The van der Waals surface area contributed by atoms with E-state index in [0.717, 1.165) is 11.2 Å². The van der Waals surface area contributed by atoms with Gasteiger partial charge in [0.2, 0.25) is 0 Å². The number of amides is 1. The Morgan fingerprint density at radius 2 is 1.66 bits per heavy atom. The molecule has 1 aromatic heterocycles. The molecule has 3 aromatic carbocycles. The Kier molecular flexibility index (Phi) is 5.44. The number of halogens is 2. The Bertz CT molecular complexity index is 1220. The van der Waals surface area contributed by atoms with Crippen molar-refractivity contribution in [1.82, 2.24) is 20.3 Å². The van der Waals surface area contributed by atoms with Gasteiger partial charge in [-0.15, -0.1) is 10.2 Å². The first-order valence-corrected chi connectivity index (χ1v) is 9.65. The Morgan fingerprint density at radius 1 is 0.897 bits per heavy atom. The monoisotopic (exact) mass is 441 g/mol. The van der Waals surface area contributed by atoms with Crippen molar-refractivity contribution in [3.8, 4) is 5.69 Å². The van der Waals surface area contributed by atoms with E-state index in [1.165, 1.54) is 4.80 Å². The van der Waals surface area contributed by atoms with Gasteiger partial charge in [0.1, 0.15) is 11.0 Å². The molecule has 0 aliphatic heterocycles. The topological polar surface area (TPSA) is 71.8 Å². The molecule has 0 bridgehead atoms. The molecule has 29 heavy (non-hydrogen) atoms. The Labute approximate surface area is 181 Å². The third kappa shape index (κ3) is 4.54. The number of rotatable bonds is 3. The molecule has 0 radical (unpaired) electrons. The molecule has 0 fully saturated rings. The second-order valence-corrected chi connectivity index (χ2v) is 7.37. The van der Waals surface area contributed by atoms with Crippen molar-refractivity contribution in [3.05, 3.63) is 82.3 Å². The van der Waals surface area contributed by atoms with Gasteiger partial charge >= 0.3 is 0 Å². The molecule has 6 nitrogen and oxygen atoms in total. The summed E-state index contributed by atoms with van der Waals surface area (Å²) in [6.07, 6.45) is 0. The van der Waals surface area contributed by atoms with Crippen LogP contribution in [0, 0.1) is 0 Å². The van der Waals surface area contributed by atoms with Crippen LogP contribution < -0.4 is 10.6 Å².